The summed E-state index contributed by atoms with van der Waals surface area (Å²) in [5, 5.41) is 0. The van der Waals surface area contributed by atoms with E-state index >= 15 is 0 Å². The first kappa shape index (κ1) is 26.6. The van der Waals surface area contributed by atoms with Gasteiger partial charge in [0, 0.05) is 0 Å². The lowest BCUT2D eigenvalue weighted by molar-refractivity contribution is -0.139. The van der Waals surface area contributed by atoms with Gasteiger partial charge in [-0.15, -0.1) is 0 Å². The molecule has 2 aliphatic rings. The van der Waals surface area contributed by atoms with Crippen molar-refractivity contribution < 1.29 is 28.5 Å². The Morgan fingerprint density at radius 3 is 2.64 bits per heavy atom. The van der Waals surface area contributed by atoms with E-state index in [9.17, 15) is 9.59 Å². The Hall–Kier alpha value is -4.05. The van der Waals surface area contributed by atoms with Gasteiger partial charge in [0.1, 0.15) is 13.2 Å². The molecule has 0 N–H and O–H groups in total. The molecule has 5 rings (SSSR count). The number of carbonyl (C=O) groups is 1. The third-order valence-electron chi connectivity index (χ3n) is 6.25. The number of benzene rings is 2. The van der Waals surface area contributed by atoms with E-state index in [0.29, 0.717) is 62.4 Å². The van der Waals surface area contributed by atoms with Crippen LogP contribution in [0.15, 0.2) is 57.5 Å². The fourth-order valence-electron chi connectivity index (χ4n) is 4.61. The SMILES string of the molecule is CCOC(=O)C1=C(C)N=c2s/c(=C/c3ccc4c(c3)OCCO4)c(=O)n2[C@@H]1c1ccc(OC(C)C)c(OC)c1. The largest absolute Gasteiger partial charge is 0.493 e. The molecule has 0 saturated carbocycles. The summed E-state index contributed by atoms with van der Waals surface area (Å²) in [7, 11) is 1.55. The monoisotopic (exact) mass is 550 g/mol. The van der Waals surface area contributed by atoms with Gasteiger partial charge in [-0.25, -0.2) is 9.79 Å². The topological polar surface area (TPSA) is 97.6 Å². The molecule has 0 fully saturated rings. The lowest BCUT2D eigenvalue weighted by atomic mass is 9.95. The first-order valence-corrected chi connectivity index (χ1v) is 13.6. The lowest BCUT2D eigenvalue weighted by Gasteiger charge is -2.25. The first-order chi connectivity index (χ1) is 18.8. The number of methoxy groups -OCH3 is 1. The van der Waals surface area contributed by atoms with Crippen molar-refractivity contribution in [1.29, 1.82) is 0 Å². The zero-order chi connectivity index (χ0) is 27.7. The summed E-state index contributed by atoms with van der Waals surface area (Å²) in [4.78, 5) is 32.2. The molecule has 3 aromatic rings. The predicted molar refractivity (Wildman–Crippen MR) is 147 cm³/mol. The number of hydrogen-bond acceptors (Lipinski definition) is 9. The van der Waals surface area contributed by atoms with Gasteiger partial charge in [-0.2, -0.15) is 0 Å². The minimum absolute atomic E-state index is 0.0554. The molecule has 3 heterocycles. The van der Waals surface area contributed by atoms with E-state index in [4.69, 9.17) is 23.7 Å². The number of rotatable bonds is 7. The Morgan fingerprint density at radius 2 is 1.92 bits per heavy atom. The molecular weight excluding hydrogens is 520 g/mol. The maximum Gasteiger partial charge on any atom is 0.338 e. The molecule has 2 aromatic carbocycles. The maximum atomic E-state index is 13.9. The van der Waals surface area contributed by atoms with Crippen LogP contribution in [0.1, 0.15) is 44.9 Å². The smallest absolute Gasteiger partial charge is 0.338 e. The number of carbonyl (C=O) groups excluding carboxylic acids is 1. The van der Waals surface area contributed by atoms with Crippen LogP contribution in [0.25, 0.3) is 6.08 Å². The Balaban J connectivity index is 1.67. The minimum atomic E-state index is -0.760. The van der Waals surface area contributed by atoms with E-state index in [1.54, 1.807) is 43.7 Å². The molecule has 39 heavy (non-hydrogen) atoms. The fourth-order valence-corrected chi connectivity index (χ4v) is 5.66. The summed E-state index contributed by atoms with van der Waals surface area (Å²) in [6.45, 7) is 8.52. The van der Waals surface area contributed by atoms with E-state index < -0.39 is 12.0 Å². The average molecular weight is 551 g/mol. The molecule has 0 spiro atoms. The van der Waals surface area contributed by atoms with Gasteiger partial charge in [-0.3, -0.25) is 9.36 Å². The predicted octanol–water partition coefficient (Wildman–Crippen LogP) is 3.37. The standard InChI is InChI=1S/C29H30N2O7S/c1-6-35-28(33)25-17(4)30-29-31(26(25)19-8-10-21(38-16(2)3)22(15-19)34-5)27(32)24(39-29)14-18-7-9-20-23(13-18)37-12-11-36-20/h7-10,13-16,26H,6,11-12H2,1-5H3/b24-14+/t26-/m1/s1. The summed E-state index contributed by atoms with van der Waals surface area (Å²) in [5.74, 6) is 1.86. The number of allylic oxidation sites excluding steroid dienone is 1. The van der Waals surface area contributed by atoms with Crippen molar-refractivity contribution in [1.82, 2.24) is 4.57 Å². The summed E-state index contributed by atoms with van der Waals surface area (Å²) >= 11 is 1.26. The van der Waals surface area contributed by atoms with Crippen molar-refractivity contribution in [3.8, 4) is 23.0 Å². The van der Waals surface area contributed by atoms with Crippen molar-refractivity contribution in [3.63, 3.8) is 0 Å². The number of ether oxygens (including phenoxy) is 5. The molecular formula is C29H30N2O7S. The van der Waals surface area contributed by atoms with Gasteiger partial charge in [0.05, 0.1) is 41.7 Å². The minimum Gasteiger partial charge on any atom is -0.493 e. The van der Waals surface area contributed by atoms with Gasteiger partial charge in [0.15, 0.2) is 27.8 Å². The molecule has 0 radical (unpaired) electrons. The number of hydrogen-bond donors (Lipinski definition) is 0. The molecule has 0 amide bonds. The quantitative estimate of drug-likeness (QED) is 0.416. The van der Waals surface area contributed by atoms with Gasteiger partial charge >= 0.3 is 5.97 Å². The third-order valence-corrected chi connectivity index (χ3v) is 7.23. The highest BCUT2D eigenvalue weighted by Crippen LogP contribution is 2.36. The van der Waals surface area contributed by atoms with E-state index in [1.807, 2.05) is 38.1 Å². The zero-order valence-corrected chi connectivity index (χ0v) is 23.3. The maximum absolute atomic E-state index is 13.9. The van der Waals surface area contributed by atoms with Crippen LogP contribution in [0.4, 0.5) is 0 Å². The van der Waals surface area contributed by atoms with Crippen LogP contribution in [0.5, 0.6) is 23.0 Å². The highest BCUT2D eigenvalue weighted by Gasteiger charge is 2.34. The second-order valence-corrected chi connectivity index (χ2v) is 10.3. The Morgan fingerprint density at radius 1 is 1.15 bits per heavy atom. The molecule has 0 saturated heterocycles. The molecule has 2 aliphatic heterocycles. The Bertz CT molecular complexity index is 1630. The summed E-state index contributed by atoms with van der Waals surface area (Å²) in [6, 6.07) is 10.2. The molecule has 1 atom stereocenters. The Labute approximate surface area is 229 Å². The molecule has 0 bridgehead atoms. The molecule has 10 heteroatoms. The molecule has 9 nitrogen and oxygen atoms in total. The highest BCUT2D eigenvalue weighted by molar-refractivity contribution is 7.07. The van der Waals surface area contributed by atoms with E-state index in [-0.39, 0.29) is 18.3 Å². The van der Waals surface area contributed by atoms with Gasteiger partial charge < -0.3 is 23.7 Å². The van der Waals surface area contributed by atoms with E-state index in [1.165, 1.54) is 11.3 Å². The van der Waals surface area contributed by atoms with Crippen molar-refractivity contribution in [2.75, 3.05) is 26.9 Å². The van der Waals surface area contributed by atoms with E-state index in [0.717, 1.165) is 5.56 Å². The molecule has 204 valence electrons. The van der Waals surface area contributed by atoms with Crippen LogP contribution in [-0.4, -0.2) is 43.6 Å². The van der Waals surface area contributed by atoms with Crippen molar-refractivity contribution in [2.24, 2.45) is 4.99 Å². The Kier molecular flexibility index (Phi) is 7.47. The average Bonchev–Trinajstić information content (AvgIpc) is 3.21. The van der Waals surface area contributed by atoms with Gasteiger partial charge in [-0.05, 0) is 69.2 Å². The number of thiazole rings is 1. The van der Waals surface area contributed by atoms with Gasteiger partial charge in [0.25, 0.3) is 5.56 Å². The summed E-state index contributed by atoms with van der Waals surface area (Å²) in [6.07, 6.45) is 1.74. The summed E-state index contributed by atoms with van der Waals surface area (Å²) < 4.78 is 30.2. The number of fused-ring (bicyclic) bond motifs is 2. The second-order valence-electron chi connectivity index (χ2n) is 9.28. The molecule has 0 aliphatic carbocycles. The number of esters is 1. The number of aromatic nitrogens is 1. The van der Waals surface area contributed by atoms with Crippen LogP contribution in [0.3, 0.4) is 0 Å². The van der Waals surface area contributed by atoms with Crippen molar-refractivity contribution in [2.45, 2.75) is 39.8 Å². The van der Waals surface area contributed by atoms with Crippen LogP contribution in [0, 0.1) is 0 Å². The highest BCUT2D eigenvalue weighted by atomic mass is 32.1. The van der Waals surface area contributed by atoms with Gasteiger partial charge in [0.2, 0.25) is 0 Å². The normalized spacial score (nSPS) is 16.6. The lowest BCUT2D eigenvalue weighted by Crippen LogP contribution is -2.40. The fraction of sp³-hybridized carbons (Fsp3) is 0.345. The van der Waals surface area contributed by atoms with Crippen LogP contribution in [0.2, 0.25) is 0 Å². The molecule has 0 unspecified atom stereocenters. The summed E-state index contributed by atoms with van der Waals surface area (Å²) in [5.41, 5.74) is 1.99. The molecule has 1 aromatic heterocycles. The van der Waals surface area contributed by atoms with Crippen molar-refractivity contribution in [3.05, 3.63) is 78.5 Å². The van der Waals surface area contributed by atoms with Crippen LogP contribution >= 0.6 is 11.3 Å². The van der Waals surface area contributed by atoms with E-state index in [2.05, 4.69) is 4.99 Å². The second kappa shape index (κ2) is 11.0. The third kappa shape index (κ3) is 5.16. The number of nitrogens with zero attached hydrogens (tertiary/aromatic N) is 2. The van der Waals surface area contributed by atoms with Crippen LogP contribution < -0.4 is 33.8 Å². The van der Waals surface area contributed by atoms with Crippen molar-refractivity contribution >= 4 is 23.4 Å². The van der Waals surface area contributed by atoms with Gasteiger partial charge in [-0.1, -0.05) is 23.5 Å². The first-order valence-electron chi connectivity index (χ1n) is 12.7. The van der Waals surface area contributed by atoms with Crippen LogP contribution in [-0.2, 0) is 9.53 Å². The zero-order valence-electron chi connectivity index (χ0n) is 22.5.